The van der Waals surface area contributed by atoms with Gasteiger partial charge in [-0.05, 0) is 36.4 Å². The maximum atomic E-state index is 12.9. The Morgan fingerprint density at radius 2 is 1.71 bits per heavy atom. The number of carbonyl (C=O) groups is 1. The highest BCUT2D eigenvalue weighted by Gasteiger charge is 2.33. The SMILES string of the molecule is O=C(Nc1cccc(-c2ccc(=O)[nH]n2)c1)Nc1ccc(Cl)c(C(F)(F)F)c1. The Hall–Kier alpha value is -3.33. The number of nitrogens with zero attached hydrogens (tertiary/aromatic N) is 1. The molecule has 3 rings (SSSR count). The number of aromatic amines is 1. The zero-order valence-corrected chi connectivity index (χ0v) is 14.7. The van der Waals surface area contributed by atoms with E-state index in [1.165, 1.54) is 18.2 Å². The third kappa shape index (κ3) is 4.68. The fourth-order valence-corrected chi connectivity index (χ4v) is 2.60. The van der Waals surface area contributed by atoms with Crippen LogP contribution in [0.1, 0.15) is 5.56 Å². The highest BCUT2D eigenvalue weighted by molar-refractivity contribution is 6.31. The minimum Gasteiger partial charge on any atom is -0.308 e. The van der Waals surface area contributed by atoms with E-state index in [2.05, 4.69) is 20.8 Å². The molecule has 28 heavy (non-hydrogen) atoms. The van der Waals surface area contributed by atoms with E-state index in [1.54, 1.807) is 24.3 Å². The third-order valence-corrected chi connectivity index (χ3v) is 3.95. The van der Waals surface area contributed by atoms with Crippen molar-refractivity contribution in [1.82, 2.24) is 10.2 Å². The van der Waals surface area contributed by atoms with Crippen molar-refractivity contribution in [3.05, 3.63) is 75.5 Å². The monoisotopic (exact) mass is 408 g/mol. The summed E-state index contributed by atoms with van der Waals surface area (Å²) in [6, 6.07) is 11.7. The number of rotatable bonds is 3. The van der Waals surface area contributed by atoms with E-state index in [-0.39, 0.29) is 11.2 Å². The summed E-state index contributed by atoms with van der Waals surface area (Å²) in [6.07, 6.45) is -4.64. The molecule has 144 valence electrons. The molecular formula is C18H12ClF3N4O2. The van der Waals surface area contributed by atoms with Crippen molar-refractivity contribution < 1.29 is 18.0 Å². The lowest BCUT2D eigenvalue weighted by Crippen LogP contribution is -2.20. The van der Waals surface area contributed by atoms with Gasteiger partial charge in [0, 0.05) is 23.0 Å². The fourth-order valence-electron chi connectivity index (χ4n) is 2.38. The number of anilines is 2. The molecule has 0 fully saturated rings. The topological polar surface area (TPSA) is 86.9 Å². The molecule has 0 unspecified atom stereocenters. The molecule has 0 aliphatic carbocycles. The summed E-state index contributed by atoms with van der Waals surface area (Å²) in [7, 11) is 0. The molecule has 10 heteroatoms. The molecule has 3 N–H and O–H groups in total. The highest BCUT2D eigenvalue weighted by Crippen LogP contribution is 2.36. The van der Waals surface area contributed by atoms with Gasteiger partial charge < -0.3 is 10.6 Å². The summed E-state index contributed by atoms with van der Waals surface area (Å²) in [5.41, 5.74) is 0.0356. The number of alkyl halides is 3. The highest BCUT2D eigenvalue weighted by atomic mass is 35.5. The van der Waals surface area contributed by atoms with E-state index in [9.17, 15) is 22.8 Å². The molecule has 0 bridgehead atoms. The number of halogens is 4. The maximum absolute atomic E-state index is 12.9. The first-order valence-electron chi connectivity index (χ1n) is 7.83. The van der Waals surface area contributed by atoms with Crippen LogP contribution >= 0.6 is 11.6 Å². The number of hydrogen-bond acceptors (Lipinski definition) is 3. The third-order valence-electron chi connectivity index (χ3n) is 3.62. The van der Waals surface area contributed by atoms with Gasteiger partial charge in [-0.1, -0.05) is 23.7 Å². The molecule has 2 aromatic carbocycles. The molecule has 2 amide bonds. The van der Waals surface area contributed by atoms with Gasteiger partial charge in [0.2, 0.25) is 0 Å². The van der Waals surface area contributed by atoms with E-state index < -0.39 is 22.8 Å². The van der Waals surface area contributed by atoms with Crippen LogP contribution in [0.5, 0.6) is 0 Å². The van der Waals surface area contributed by atoms with Gasteiger partial charge in [-0.15, -0.1) is 0 Å². The van der Waals surface area contributed by atoms with Gasteiger partial charge in [0.05, 0.1) is 16.3 Å². The Morgan fingerprint density at radius 1 is 1.00 bits per heavy atom. The number of urea groups is 1. The molecular weight excluding hydrogens is 397 g/mol. The first-order valence-corrected chi connectivity index (χ1v) is 8.21. The lowest BCUT2D eigenvalue weighted by molar-refractivity contribution is -0.137. The zero-order chi connectivity index (χ0) is 20.3. The molecule has 0 aliphatic heterocycles. The number of hydrogen-bond donors (Lipinski definition) is 3. The standard InChI is InChI=1S/C18H12ClF3N4O2/c19-14-5-4-12(9-13(14)18(20,21)22)24-17(28)23-11-3-1-2-10(8-11)15-6-7-16(27)26-25-15/h1-9H,(H,26,27)(H2,23,24,28). The van der Waals surface area contributed by atoms with Crippen LogP contribution in [-0.4, -0.2) is 16.2 Å². The molecule has 1 heterocycles. The molecule has 0 aliphatic rings. The van der Waals surface area contributed by atoms with Crippen LogP contribution in [0.4, 0.5) is 29.3 Å². The molecule has 0 saturated heterocycles. The molecule has 6 nitrogen and oxygen atoms in total. The fraction of sp³-hybridized carbons (Fsp3) is 0.0556. The molecule has 0 radical (unpaired) electrons. The number of carbonyl (C=O) groups excluding carboxylic acids is 1. The summed E-state index contributed by atoms with van der Waals surface area (Å²) >= 11 is 5.56. The van der Waals surface area contributed by atoms with E-state index in [0.717, 1.165) is 12.1 Å². The first kappa shape index (κ1) is 19.4. The number of nitrogens with one attached hydrogen (secondary N) is 3. The molecule has 0 spiro atoms. The number of aromatic nitrogens is 2. The Labute approximate surface area is 161 Å². The largest absolute Gasteiger partial charge is 0.417 e. The van der Waals surface area contributed by atoms with Crippen LogP contribution in [0.2, 0.25) is 5.02 Å². The smallest absolute Gasteiger partial charge is 0.308 e. The van der Waals surface area contributed by atoms with E-state index in [0.29, 0.717) is 16.9 Å². The quantitative estimate of drug-likeness (QED) is 0.584. The van der Waals surface area contributed by atoms with Crippen molar-refractivity contribution >= 4 is 29.0 Å². The van der Waals surface area contributed by atoms with Gasteiger partial charge in [0.25, 0.3) is 5.56 Å². The minimum absolute atomic E-state index is 0.0623. The second-order valence-electron chi connectivity index (χ2n) is 5.66. The maximum Gasteiger partial charge on any atom is 0.417 e. The number of benzene rings is 2. The molecule has 1 aromatic heterocycles. The first-order chi connectivity index (χ1) is 13.2. The minimum atomic E-state index is -4.64. The Balaban J connectivity index is 1.74. The summed E-state index contributed by atoms with van der Waals surface area (Å²) in [4.78, 5) is 23.2. The summed E-state index contributed by atoms with van der Waals surface area (Å²) in [6.45, 7) is 0. The Morgan fingerprint density at radius 3 is 2.36 bits per heavy atom. The van der Waals surface area contributed by atoms with Gasteiger partial charge in [-0.2, -0.15) is 18.3 Å². The number of H-pyrrole nitrogens is 1. The molecule has 0 saturated carbocycles. The van der Waals surface area contributed by atoms with Gasteiger partial charge in [-0.3, -0.25) is 4.79 Å². The average Bonchev–Trinajstić information content (AvgIpc) is 2.63. The van der Waals surface area contributed by atoms with Gasteiger partial charge in [0.15, 0.2) is 0 Å². The van der Waals surface area contributed by atoms with Crippen molar-refractivity contribution in [1.29, 1.82) is 0 Å². The zero-order valence-electron chi connectivity index (χ0n) is 14.0. The molecule has 3 aromatic rings. The van der Waals surface area contributed by atoms with Crippen molar-refractivity contribution in [2.24, 2.45) is 0 Å². The van der Waals surface area contributed by atoms with Crippen LogP contribution in [0.25, 0.3) is 11.3 Å². The van der Waals surface area contributed by atoms with Gasteiger partial charge >= 0.3 is 12.2 Å². The molecule has 0 atom stereocenters. The summed E-state index contributed by atoms with van der Waals surface area (Å²) in [5, 5.41) is 10.6. The Kier molecular flexibility index (Phi) is 5.36. The predicted octanol–water partition coefficient (Wildman–Crippen LogP) is 4.75. The van der Waals surface area contributed by atoms with Gasteiger partial charge in [-0.25, -0.2) is 9.89 Å². The van der Waals surface area contributed by atoms with E-state index in [1.807, 2.05) is 0 Å². The van der Waals surface area contributed by atoms with Crippen LogP contribution in [0, 0.1) is 0 Å². The van der Waals surface area contributed by atoms with Crippen molar-refractivity contribution in [2.75, 3.05) is 10.6 Å². The summed E-state index contributed by atoms with van der Waals surface area (Å²) < 4.78 is 38.7. The van der Waals surface area contributed by atoms with Crippen LogP contribution in [0.15, 0.2) is 59.4 Å². The number of amides is 2. The lowest BCUT2D eigenvalue weighted by atomic mass is 10.1. The normalized spacial score (nSPS) is 11.1. The predicted molar refractivity (Wildman–Crippen MR) is 99.4 cm³/mol. The van der Waals surface area contributed by atoms with Crippen LogP contribution in [0.3, 0.4) is 0 Å². The Bertz CT molecular complexity index is 1060. The van der Waals surface area contributed by atoms with E-state index in [4.69, 9.17) is 11.6 Å². The lowest BCUT2D eigenvalue weighted by Gasteiger charge is -2.12. The van der Waals surface area contributed by atoms with Gasteiger partial charge in [0.1, 0.15) is 0 Å². The second kappa shape index (κ2) is 7.73. The van der Waals surface area contributed by atoms with Crippen molar-refractivity contribution in [3.63, 3.8) is 0 Å². The average molecular weight is 409 g/mol. The van der Waals surface area contributed by atoms with E-state index >= 15 is 0 Å². The second-order valence-corrected chi connectivity index (χ2v) is 6.07. The van der Waals surface area contributed by atoms with Crippen LogP contribution in [-0.2, 0) is 6.18 Å². The van der Waals surface area contributed by atoms with Crippen molar-refractivity contribution in [3.8, 4) is 11.3 Å². The van der Waals surface area contributed by atoms with Crippen LogP contribution < -0.4 is 16.2 Å². The summed E-state index contributed by atoms with van der Waals surface area (Å²) in [5.74, 6) is 0. The van der Waals surface area contributed by atoms with Crippen molar-refractivity contribution in [2.45, 2.75) is 6.18 Å².